The van der Waals surface area contributed by atoms with Crippen molar-refractivity contribution in [1.29, 1.82) is 0 Å². The normalized spacial score (nSPS) is 11.2. The molecule has 0 bridgehead atoms. The van der Waals surface area contributed by atoms with Crippen LogP contribution in [0, 0.1) is 0 Å². The average Bonchev–Trinajstić information content (AvgIpc) is 2.89. The zero-order valence-electron chi connectivity index (χ0n) is 10.9. The lowest BCUT2D eigenvalue weighted by molar-refractivity contribution is 1.10. The minimum Gasteiger partial charge on any atom is -0.399 e. The number of nitrogens with zero attached hydrogens (tertiary/aromatic N) is 3. The third-order valence-electron chi connectivity index (χ3n) is 3.08. The quantitative estimate of drug-likeness (QED) is 0.448. The Morgan fingerprint density at radius 3 is 2.81 bits per heavy atom. The molecule has 102 valence electrons. The summed E-state index contributed by atoms with van der Waals surface area (Å²) in [6.07, 6.45) is 1.57. The van der Waals surface area contributed by atoms with E-state index in [2.05, 4.69) is 21.0 Å². The van der Waals surface area contributed by atoms with Crippen LogP contribution in [0.25, 0.3) is 21.1 Å². The number of rotatable bonds is 2. The lowest BCUT2D eigenvalue weighted by Crippen LogP contribution is -1.89. The van der Waals surface area contributed by atoms with Gasteiger partial charge in [0.1, 0.15) is 11.4 Å². The van der Waals surface area contributed by atoms with E-state index in [0.29, 0.717) is 5.69 Å². The first-order chi connectivity index (χ1) is 10.3. The van der Waals surface area contributed by atoms with Gasteiger partial charge in [0.05, 0.1) is 15.7 Å². The van der Waals surface area contributed by atoms with Gasteiger partial charge in [0.25, 0.3) is 0 Å². The zero-order valence-corrected chi connectivity index (χ0v) is 12.5. The molecule has 2 N–H and O–H groups in total. The molecule has 0 saturated carbocycles. The number of para-hydroxylation sites is 1. The van der Waals surface area contributed by atoms with E-state index in [1.54, 1.807) is 29.4 Å². The molecule has 0 atom stereocenters. The molecule has 4 nitrogen and oxygen atoms in total. The second-order valence-corrected chi connectivity index (χ2v) is 6.77. The van der Waals surface area contributed by atoms with E-state index < -0.39 is 0 Å². The van der Waals surface area contributed by atoms with Crippen molar-refractivity contribution in [3.05, 3.63) is 48.8 Å². The van der Waals surface area contributed by atoms with Gasteiger partial charge in [0, 0.05) is 11.1 Å². The van der Waals surface area contributed by atoms with Gasteiger partial charge in [-0.15, -0.1) is 11.3 Å². The number of hydrogen-bond donors (Lipinski definition) is 1. The van der Waals surface area contributed by atoms with Crippen molar-refractivity contribution in [3.63, 3.8) is 0 Å². The Kier molecular flexibility index (Phi) is 2.98. The first-order valence-corrected chi connectivity index (χ1v) is 7.96. The van der Waals surface area contributed by atoms with E-state index in [9.17, 15) is 0 Å². The van der Waals surface area contributed by atoms with Crippen molar-refractivity contribution in [1.82, 2.24) is 15.0 Å². The van der Waals surface area contributed by atoms with Crippen LogP contribution in [0.4, 0.5) is 5.69 Å². The molecule has 0 aliphatic rings. The third kappa shape index (κ3) is 2.32. The van der Waals surface area contributed by atoms with Crippen LogP contribution in [0.1, 0.15) is 0 Å². The predicted octanol–water partition coefficient (Wildman–Crippen LogP) is 3.97. The van der Waals surface area contributed by atoms with Gasteiger partial charge in [-0.25, -0.2) is 15.0 Å². The Balaban J connectivity index is 1.80. The largest absolute Gasteiger partial charge is 0.399 e. The minimum absolute atomic E-state index is 0.706. The summed E-state index contributed by atoms with van der Waals surface area (Å²) in [5.41, 5.74) is 8.38. The van der Waals surface area contributed by atoms with Crippen LogP contribution < -0.4 is 5.73 Å². The fraction of sp³-hybridized carbons (Fsp3) is 0. The lowest BCUT2D eigenvalue weighted by Gasteiger charge is -2.03. The first-order valence-electron chi connectivity index (χ1n) is 6.33. The molecule has 0 unspecified atom stereocenters. The molecule has 2 aromatic carbocycles. The topological polar surface area (TPSA) is 64.7 Å². The number of fused-ring (bicyclic) bond motifs is 2. The third-order valence-corrected chi connectivity index (χ3v) is 5.20. The molecule has 6 heteroatoms. The number of hydrogen-bond acceptors (Lipinski definition) is 6. The fourth-order valence-corrected chi connectivity index (χ4v) is 4.17. The van der Waals surface area contributed by atoms with E-state index in [0.717, 1.165) is 25.8 Å². The van der Waals surface area contributed by atoms with Crippen molar-refractivity contribution < 1.29 is 0 Å². The Morgan fingerprint density at radius 1 is 1.00 bits per heavy atom. The van der Waals surface area contributed by atoms with E-state index in [1.165, 1.54) is 4.70 Å². The summed E-state index contributed by atoms with van der Waals surface area (Å²) in [5, 5.41) is 1.90. The highest BCUT2D eigenvalue weighted by Gasteiger charge is 2.09. The van der Waals surface area contributed by atoms with Crippen LogP contribution in [0.5, 0.6) is 0 Å². The zero-order chi connectivity index (χ0) is 14.2. The van der Waals surface area contributed by atoms with Crippen molar-refractivity contribution in [3.8, 4) is 0 Å². The van der Waals surface area contributed by atoms with Crippen LogP contribution >= 0.6 is 23.1 Å². The second kappa shape index (κ2) is 4.98. The molecule has 0 spiro atoms. The van der Waals surface area contributed by atoms with Crippen LogP contribution in [-0.4, -0.2) is 15.0 Å². The molecule has 21 heavy (non-hydrogen) atoms. The van der Waals surface area contributed by atoms with Crippen LogP contribution in [0.2, 0.25) is 0 Å². The van der Waals surface area contributed by atoms with Crippen LogP contribution in [0.15, 0.2) is 58.2 Å². The highest BCUT2D eigenvalue weighted by Crippen LogP contribution is 2.36. The highest BCUT2D eigenvalue weighted by atomic mass is 32.2. The monoisotopic (exact) mass is 310 g/mol. The molecule has 2 heterocycles. The SMILES string of the molecule is Nc1ccc2c(Sc3nc4ccccc4s3)ncnc2c1. The molecule has 0 aliphatic heterocycles. The standard InChI is InChI=1S/C15H10N4S2/c16-9-5-6-10-12(7-9)17-8-18-14(10)21-15-19-11-3-1-2-4-13(11)20-15/h1-8H,16H2. The van der Waals surface area contributed by atoms with Gasteiger partial charge in [0.2, 0.25) is 0 Å². The van der Waals surface area contributed by atoms with Gasteiger partial charge in [-0.2, -0.15) is 0 Å². The molecule has 2 aromatic heterocycles. The summed E-state index contributed by atoms with van der Waals surface area (Å²) >= 11 is 3.23. The van der Waals surface area contributed by atoms with Crippen molar-refractivity contribution >= 4 is 49.9 Å². The average molecular weight is 310 g/mol. The van der Waals surface area contributed by atoms with Gasteiger partial charge in [-0.05, 0) is 42.1 Å². The Morgan fingerprint density at radius 2 is 1.90 bits per heavy atom. The van der Waals surface area contributed by atoms with Gasteiger partial charge >= 0.3 is 0 Å². The number of benzene rings is 2. The number of thiazole rings is 1. The molecule has 0 amide bonds. The summed E-state index contributed by atoms with van der Waals surface area (Å²) < 4.78 is 2.16. The summed E-state index contributed by atoms with van der Waals surface area (Å²) in [7, 11) is 0. The predicted molar refractivity (Wildman–Crippen MR) is 87.7 cm³/mol. The lowest BCUT2D eigenvalue weighted by atomic mass is 10.2. The number of anilines is 1. The Labute approximate surface area is 129 Å². The number of nitrogens with two attached hydrogens (primary N) is 1. The summed E-state index contributed by atoms with van der Waals surface area (Å²) in [4.78, 5) is 13.3. The number of nitrogen functional groups attached to an aromatic ring is 1. The smallest absolute Gasteiger partial charge is 0.157 e. The molecule has 0 radical (unpaired) electrons. The van der Waals surface area contributed by atoms with E-state index in [4.69, 9.17) is 5.73 Å². The van der Waals surface area contributed by atoms with E-state index in [1.807, 2.05) is 36.4 Å². The number of aromatic nitrogens is 3. The fourth-order valence-electron chi connectivity index (χ4n) is 2.11. The Bertz CT molecular complexity index is 916. The molecular formula is C15H10N4S2. The second-order valence-electron chi connectivity index (χ2n) is 4.50. The maximum Gasteiger partial charge on any atom is 0.157 e. The first kappa shape index (κ1) is 12.6. The van der Waals surface area contributed by atoms with Crippen LogP contribution in [-0.2, 0) is 0 Å². The van der Waals surface area contributed by atoms with Crippen molar-refractivity contribution in [2.24, 2.45) is 0 Å². The maximum atomic E-state index is 5.80. The van der Waals surface area contributed by atoms with Gasteiger partial charge in [0.15, 0.2) is 4.34 Å². The van der Waals surface area contributed by atoms with Gasteiger partial charge in [-0.3, -0.25) is 0 Å². The van der Waals surface area contributed by atoms with Gasteiger partial charge in [-0.1, -0.05) is 12.1 Å². The summed E-state index contributed by atoms with van der Waals surface area (Å²) in [6.45, 7) is 0. The molecule has 0 aliphatic carbocycles. The summed E-state index contributed by atoms with van der Waals surface area (Å²) in [5.74, 6) is 0. The molecule has 4 rings (SSSR count). The van der Waals surface area contributed by atoms with E-state index in [-0.39, 0.29) is 0 Å². The van der Waals surface area contributed by atoms with Gasteiger partial charge < -0.3 is 5.73 Å². The van der Waals surface area contributed by atoms with Crippen molar-refractivity contribution in [2.75, 3.05) is 5.73 Å². The molecule has 4 aromatic rings. The summed E-state index contributed by atoms with van der Waals surface area (Å²) in [6, 6.07) is 13.8. The van der Waals surface area contributed by atoms with Crippen molar-refractivity contribution in [2.45, 2.75) is 9.37 Å². The maximum absolute atomic E-state index is 5.80. The molecule has 0 saturated heterocycles. The van der Waals surface area contributed by atoms with E-state index >= 15 is 0 Å². The Hall–Kier alpha value is -2.18. The molecular weight excluding hydrogens is 300 g/mol. The highest BCUT2D eigenvalue weighted by molar-refractivity contribution is 8.01. The van der Waals surface area contributed by atoms with Crippen LogP contribution in [0.3, 0.4) is 0 Å². The minimum atomic E-state index is 0.706. The molecule has 0 fully saturated rings.